The number of nitrogens with zero attached hydrogens (tertiary/aromatic N) is 2. The zero-order valence-corrected chi connectivity index (χ0v) is 9.92. The minimum Gasteiger partial charge on any atom is -0.355 e. The van der Waals surface area contributed by atoms with Gasteiger partial charge in [0.1, 0.15) is 0 Å². The number of carbonyl (C=O) groups excluding carboxylic acids is 1. The van der Waals surface area contributed by atoms with Gasteiger partial charge in [0.05, 0.1) is 23.3 Å². The number of hydrogen-bond donors (Lipinski definition) is 1. The number of benzene rings is 1. The zero-order chi connectivity index (χ0) is 13.5. The molecule has 1 unspecified atom stereocenters. The highest BCUT2D eigenvalue weighted by atomic mass is 16.6. The van der Waals surface area contributed by atoms with Crippen molar-refractivity contribution >= 4 is 11.6 Å². The number of nitro benzene ring substituents is 1. The van der Waals surface area contributed by atoms with Crippen LogP contribution in [0, 0.1) is 27.4 Å². The number of nitrogens with one attached hydrogen (secondary N) is 1. The third-order valence-electron chi connectivity index (χ3n) is 2.34. The molecule has 1 aromatic rings. The van der Waals surface area contributed by atoms with E-state index in [1.165, 1.54) is 12.1 Å². The van der Waals surface area contributed by atoms with E-state index >= 15 is 0 Å². The third kappa shape index (κ3) is 4.22. The van der Waals surface area contributed by atoms with Crippen molar-refractivity contribution in [3.05, 3.63) is 39.9 Å². The molecule has 0 radical (unpaired) electrons. The second-order valence-electron chi connectivity index (χ2n) is 3.93. The van der Waals surface area contributed by atoms with Crippen LogP contribution in [0.2, 0.25) is 0 Å². The molecule has 0 aromatic heterocycles. The van der Waals surface area contributed by atoms with Crippen LogP contribution in [0.25, 0.3) is 0 Å². The Labute approximate surface area is 104 Å². The van der Waals surface area contributed by atoms with Crippen molar-refractivity contribution in [1.82, 2.24) is 5.32 Å². The Balaban J connectivity index is 2.50. The molecule has 1 atom stereocenters. The van der Waals surface area contributed by atoms with Crippen LogP contribution in [-0.2, 0) is 11.2 Å². The fourth-order valence-corrected chi connectivity index (χ4v) is 1.30. The lowest BCUT2D eigenvalue weighted by atomic mass is 10.1. The molecule has 94 valence electrons. The molecule has 0 heterocycles. The Morgan fingerprint density at radius 2 is 2.11 bits per heavy atom. The average molecular weight is 247 g/mol. The summed E-state index contributed by atoms with van der Waals surface area (Å²) in [5, 5.41) is 21.6. The summed E-state index contributed by atoms with van der Waals surface area (Å²) in [6.07, 6.45) is 0.149. The van der Waals surface area contributed by atoms with Crippen molar-refractivity contribution in [2.45, 2.75) is 13.3 Å². The van der Waals surface area contributed by atoms with Crippen molar-refractivity contribution in [3.8, 4) is 6.07 Å². The predicted molar refractivity (Wildman–Crippen MR) is 64.6 cm³/mol. The Hall–Kier alpha value is -2.42. The lowest BCUT2D eigenvalue weighted by Gasteiger charge is -2.06. The molecule has 0 aliphatic heterocycles. The number of amides is 1. The van der Waals surface area contributed by atoms with Crippen LogP contribution in [-0.4, -0.2) is 17.4 Å². The molecule has 0 spiro atoms. The number of hydrogen-bond acceptors (Lipinski definition) is 4. The minimum absolute atomic E-state index is 0.00254. The first-order valence-electron chi connectivity index (χ1n) is 5.42. The molecule has 6 nitrogen and oxygen atoms in total. The summed E-state index contributed by atoms with van der Waals surface area (Å²) >= 11 is 0. The summed E-state index contributed by atoms with van der Waals surface area (Å²) in [6, 6.07) is 7.83. The van der Waals surface area contributed by atoms with Gasteiger partial charge in [-0.1, -0.05) is 12.1 Å². The van der Waals surface area contributed by atoms with E-state index < -0.39 is 4.92 Å². The highest BCUT2D eigenvalue weighted by molar-refractivity contribution is 5.78. The van der Waals surface area contributed by atoms with E-state index in [9.17, 15) is 14.9 Å². The molecule has 0 bridgehead atoms. The molecule has 1 amide bonds. The van der Waals surface area contributed by atoms with E-state index in [-0.39, 0.29) is 23.9 Å². The van der Waals surface area contributed by atoms with E-state index in [4.69, 9.17) is 5.26 Å². The Morgan fingerprint density at radius 1 is 1.50 bits per heavy atom. The van der Waals surface area contributed by atoms with Gasteiger partial charge in [0.15, 0.2) is 0 Å². The second-order valence-corrected chi connectivity index (χ2v) is 3.93. The molecular weight excluding hydrogens is 234 g/mol. The molecule has 6 heteroatoms. The van der Waals surface area contributed by atoms with E-state index in [2.05, 4.69) is 5.32 Å². The summed E-state index contributed by atoms with van der Waals surface area (Å²) < 4.78 is 0. The predicted octanol–water partition coefficient (Wildman–Crippen LogP) is 1.41. The highest BCUT2D eigenvalue weighted by Gasteiger charge is 2.08. The summed E-state index contributed by atoms with van der Waals surface area (Å²) in [5.41, 5.74) is 0.694. The van der Waals surface area contributed by atoms with Crippen molar-refractivity contribution < 1.29 is 9.72 Å². The first kappa shape index (κ1) is 13.6. The van der Waals surface area contributed by atoms with Crippen LogP contribution in [0.1, 0.15) is 12.5 Å². The molecule has 1 aromatic carbocycles. The number of carbonyl (C=O) groups is 1. The van der Waals surface area contributed by atoms with E-state index in [0.29, 0.717) is 12.1 Å². The number of rotatable bonds is 5. The first-order chi connectivity index (χ1) is 8.52. The zero-order valence-electron chi connectivity index (χ0n) is 9.92. The fourth-order valence-electron chi connectivity index (χ4n) is 1.30. The smallest absolute Gasteiger partial charge is 0.269 e. The van der Waals surface area contributed by atoms with Crippen LogP contribution in [0.15, 0.2) is 24.3 Å². The average Bonchev–Trinajstić information content (AvgIpc) is 2.36. The molecular formula is C12H13N3O3. The third-order valence-corrected chi connectivity index (χ3v) is 2.34. The maximum atomic E-state index is 11.5. The molecule has 0 saturated carbocycles. The monoisotopic (exact) mass is 247 g/mol. The Kier molecular flexibility index (Phi) is 4.81. The molecule has 1 rings (SSSR count). The van der Waals surface area contributed by atoms with Gasteiger partial charge in [-0.25, -0.2) is 0 Å². The molecule has 0 saturated heterocycles. The van der Waals surface area contributed by atoms with Gasteiger partial charge in [-0.05, 0) is 12.5 Å². The van der Waals surface area contributed by atoms with Gasteiger partial charge >= 0.3 is 0 Å². The van der Waals surface area contributed by atoms with Crippen LogP contribution < -0.4 is 5.32 Å². The molecule has 0 aliphatic rings. The standard InChI is InChI=1S/C12H13N3O3/c1-9(7-13)8-14-12(16)6-10-2-4-11(5-3-10)15(17)18/h2-5,9H,6,8H2,1H3,(H,14,16). The van der Waals surface area contributed by atoms with Gasteiger partial charge in [0.2, 0.25) is 5.91 Å². The summed E-state index contributed by atoms with van der Waals surface area (Å²) in [5.74, 6) is -0.434. The van der Waals surface area contributed by atoms with Gasteiger partial charge in [0, 0.05) is 18.7 Å². The quantitative estimate of drug-likeness (QED) is 0.628. The van der Waals surface area contributed by atoms with Gasteiger partial charge in [-0.3, -0.25) is 14.9 Å². The highest BCUT2D eigenvalue weighted by Crippen LogP contribution is 2.12. The van der Waals surface area contributed by atoms with Gasteiger partial charge < -0.3 is 5.32 Å². The van der Waals surface area contributed by atoms with E-state index in [0.717, 1.165) is 0 Å². The van der Waals surface area contributed by atoms with Gasteiger partial charge in [-0.15, -0.1) is 0 Å². The summed E-state index contributed by atoms with van der Waals surface area (Å²) in [6.45, 7) is 2.02. The maximum Gasteiger partial charge on any atom is 0.269 e. The van der Waals surface area contributed by atoms with Crippen molar-refractivity contribution in [3.63, 3.8) is 0 Å². The Bertz CT molecular complexity index is 476. The Morgan fingerprint density at radius 3 is 2.61 bits per heavy atom. The number of nitriles is 1. The summed E-state index contributed by atoms with van der Waals surface area (Å²) in [7, 11) is 0. The number of non-ortho nitro benzene ring substituents is 1. The maximum absolute atomic E-state index is 11.5. The van der Waals surface area contributed by atoms with Crippen molar-refractivity contribution in [2.24, 2.45) is 5.92 Å². The van der Waals surface area contributed by atoms with Crippen molar-refractivity contribution in [1.29, 1.82) is 5.26 Å². The van der Waals surface area contributed by atoms with Crippen LogP contribution in [0.3, 0.4) is 0 Å². The minimum atomic E-state index is -0.488. The molecule has 0 fully saturated rings. The molecule has 18 heavy (non-hydrogen) atoms. The lowest BCUT2D eigenvalue weighted by Crippen LogP contribution is -2.29. The van der Waals surface area contributed by atoms with Gasteiger partial charge in [-0.2, -0.15) is 5.26 Å². The molecule has 0 aliphatic carbocycles. The van der Waals surface area contributed by atoms with Crippen LogP contribution in [0.5, 0.6) is 0 Å². The van der Waals surface area contributed by atoms with Gasteiger partial charge in [0.25, 0.3) is 5.69 Å². The fraction of sp³-hybridized carbons (Fsp3) is 0.333. The number of nitro groups is 1. The first-order valence-corrected chi connectivity index (χ1v) is 5.42. The van der Waals surface area contributed by atoms with E-state index in [1.54, 1.807) is 19.1 Å². The van der Waals surface area contributed by atoms with Crippen LogP contribution in [0.4, 0.5) is 5.69 Å². The lowest BCUT2D eigenvalue weighted by molar-refractivity contribution is -0.384. The molecule has 1 N–H and O–H groups in total. The largest absolute Gasteiger partial charge is 0.355 e. The second kappa shape index (κ2) is 6.35. The summed E-state index contributed by atoms with van der Waals surface area (Å²) in [4.78, 5) is 21.5. The SMILES string of the molecule is CC(C#N)CNC(=O)Cc1ccc([N+](=O)[O-])cc1. The van der Waals surface area contributed by atoms with E-state index in [1.807, 2.05) is 6.07 Å². The van der Waals surface area contributed by atoms with Crippen LogP contribution >= 0.6 is 0 Å². The normalized spacial score (nSPS) is 11.3. The van der Waals surface area contributed by atoms with Crippen molar-refractivity contribution in [2.75, 3.05) is 6.54 Å². The topological polar surface area (TPSA) is 96.0 Å².